The van der Waals surface area contributed by atoms with Crippen LogP contribution in [0, 0.1) is 20.2 Å². The maximum Gasteiger partial charge on any atom is 0.270 e. The number of benzene rings is 1. The Balaban J connectivity index is 2.36. The van der Waals surface area contributed by atoms with Crippen LogP contribution in [0.15, 0.2) is 44.9 Å². The molecule has 0 unspecified atom stereocenters. The standard InChI is InChI=1S/C13H9BrN2O5/c1-8(15(17)18)6-10-3-5-13(21-10)11-4-2-9(16(19)20)7-12(11)14/h2-7H,1H3/b8-6+. The van der Waals surface area contributed by atoms with Crippen LogP contribution in [0.2, 0.25) is 0 Å². The first-order valence-corrected chi connectivity index (χ1v) is 6.54. The summed E-state index contributed by atoms with van der Waals surface area (Å²) in [4.78, 5) is 20.2. The van der Waals surface area contributed by atoms with Gasteiger partial charge < -0.3 is 4.42 Å². The molecule has 0 bridgehead atoms. The molecule has 0 N–H and O–H groups in total. The minimum atomic E-state index is -0.510. The second kappa shape index (κ2) is 5.88. The van der Waals surface area contributed by atoms with E-state index in [1.165, 1.54) is 25.1 Å². The molecule has 0 aliphatic heterocycles. The van der Waals surface area contributed by atoms with Crippen molar-refractivity contribution in [1.29, 1.82) is 0 Å². The van der Waals surface area contributed by atoms with Crippen LogP contribution < -0.4 is 0 Å². The first-order valence-electron chi connectivity index (χ1n) is 5.75. The number of nitro benzene ring substituents is 1. The molecule has 108 valence electrons. The van der Waals surface area contributed by atoms with Crippen LogP contribution in [0.3, 0.4) is 0 Å². The molecule has 0 spiro atoms. The van der Waals surface area contributed by atoms with E-state index in [1.54, 1.807) is 18.2 Å². The molecule has 1 aromatic carbocycles. The van der Waals surface area contributed by atoms with Gasteiger partial charge in [-0.3, -0.25) is 20.2 Å². The summed E-state index contributed by atoms with van der Waals surface area (Å²) >= 11 is 3.25. The van der Waals surface area contributed by atoms with E-state index in [4.69, 9.17) is 4.42 Å². The van der Waals surface area contributed by atoms with Crippen molar-refractivity contribution >= 4 is 27.7 Å². The van der Waals surface area contributed by atoms with Crippen molar-refractivity contribution < 1.29 is 14.3 Å². The predicted molar refractivity (Wildman–Crippen MR) is 79.1 cm³/mol. The van der Waals surface area contributed by atoms with Crippen molar-refractivity contribution in [3.8, 4) is 11.3 Å². The minimum absolute atomic E-state index is 0.0403. The fourth-order valence-electron chi connectivity index (χ4n) is 1.65. The largest absolute Gasteiger partial charge is 0.456 e. The van der Waals surface area contributed by atoms with Crippen LogP contribution in [0.25, 0.3) is 17.4 Å². The average Bonchev–Trinajstić information content (AvgIpc) is 2.86. The molecule has 0 amide bonds. The smallest absolute Gasteiger partial charge is 0.270 e. The molecule has 0 saturated carbocycles. The molecule has 2 rings (SSSR count). The van der Waals surface area contributed by atoms with Crippen molar-refractivity contribution in [2.45, 2.75) is 6.92 Å². The SMILES string of the molecule is C/C(=C\c1ccc(-c2ccc([N+](=O)[O-])cc2Br)o1)[N+](=O)[O-]. The zero-order valence-corrected chi connectivity index (χ0v) is 12.4. The first kappa shape index (κ1) is 14.9. The second-order valence-electron chi connectivity index (χ2n) is 4.17. The fraction of sp³-hybridized carbons (Fsp3) is 0.0769. The lowest BCUT2D eigenvalue weighted by molar-refractivity contribution is -0.422. The average molecular weight is 353 g/mol. The molecule has 0 atom stereocenters. The van der Waals surface area contributed by atoms with Crippen molar-refractivity contribution in [3.05, 3.63) is 66.5 Å². The number of non-ortho nitro benzene ring substituents is 1. The van der Waals surface area contributed by atoms with Crippen LogP contribution in [0.4, 0.5) is 5.69 Å². The van der Waals surface area contributed by atoms with Crippen molar-refractivity contribution in [2.24, 2.45) is 0 Å². The lowest BCUT2D eigenvalue weighted by atomic mass is 10.1. The minimum Gasteiger partial charge on any atom is -0.456 e. The topological polar surface area (TPSA) is 99.4 Å². The van der Waals surface area contributed by atoms with Gasteiger partial charge in [0.15, 0.2) is 0 Å². The summed E-state index contributed by atoms with van der Waals surface area (Å²) in [6.45, 7) is 1.37. The molecule has 2 aromatic rings. The van der Waals surface area contributed by atoms with Gasteiger partial charge in [-0.15, -0.1) is 0 Å². The van der Waals surface area contributed by atoms with E-state index >= 15 is 0 Å². The second-order valence-corrected chi connectivity index (χ2v) is 5.02. The third kappa shape index (κ3) is 3.34. The van der Waals surface area contributed by atoms with E-state index < -0.39 is 9.85 Å². The summed E-state index contributed by atoms with van der Waals surface area (Å²) < 4.78 is 6.00. The molecule has 0 fully saturated rings. The molecule has 1 aromatic heterocycles. The molecule has 0 saturated heterocycles. The van der Waals surface area contributed by atoms with Crippen LogP contribution in [-0.4, -0.2) is 9.85 Å². The summed E-state index contributed by atoms with van der Waals surface area (Å²) in [5, 5.41) is 21.2. The van der Waals surface area contributed by atoms with E-state index in [-0.39, 0.29) is 11.4 Å². The van der Waals surface area contributed by atoms with E-state index in [0.717, 1.165) is 0 Å². The monoisotopic (exact) mass is 352 g/mol. The number of halogens is 1. The van der Waals surface area contributed by atoms with Crippen LogP contribution in [0.1, 0.15) is 12.7 Å². The van der Waals surface area contributed by atoms with Gasteiger partial charge in [-0.05, 0) is 34.1 Å². The summed E-state index contributed by atoms with van der Waals surface area (Å²) in [5.41, 5.74) is 0.541. The number of nitrogens with zero attached hydrogens (tertiary/aromatic N) is 2. The quantitative estimate of drug-likeness (QED) is 0.604. The molecule has 21 heavy (non-hydrogen) atoms. The lowest BCUT2D eigenvalue weighted by Crippen LogP contribution is -1.92. The summed E-state index contributed by atoms with van der Waals surface area (Å²) in [5.74, 6) is 0.795. The molecule has 0 aliphatic rings. The van der Waals surface area contributed by atoms with Gasteiger partial charge in [0, 0.05) is 29.1 Å². The highest BCUT2D eigenvalue weighted by Crippen LogP contribution is 2.32. The Morgan fingerprint density at radius 3 is 2.52 bits per heavy atom. The normalized spacial score (nSPS) is 11.4. The van der Waals surface area contributed by atoms with E-state index in [0.29, 0.717) is 21.6 Å². The third-order valence-corrected chi connectivity index (χ3v) is 3.35. The Hall–Kier alpha value is -2.48. The Morgan fingerprint density at radius 1 is 1.24 bits per heavy atom. The van der Waals surface area contributed by atoms with Gasteiger partial charge in [0.05, 0.1) is 15.9 Å². The molecule has 7 nitrogen and oxygen atoms in total. The summed E-state index contributed by atoms with van der Waals surface area (Å²) in [7, 11) is 0. The van der Waals surface area contributed by atoms with Crippen molar-refractivity contribution in [1.82, 2.24) is 0 Å². The van der Waals surface area contributed by atoms with E-state index in [1.807, 2.05) is 0 Å². The first-order chi connectivity index (χ1) is 9.88. The highest BCUT2D eigenvalue weighted by molar-refractivity contribution is 9.10. The molecule has 8 heteroatoms. The van der Waals surface area contributed by atoms with Gasteiger partial charge in [-0.25, -0.2) is 0 Å². The zero-order chi connectivity index (χ0) is 15.6. The molecular formula is C13H9BrN2O5. The number of hydrogen-bond acceptors (Lipinski definition) is 5. The van der Waals surface area contributed by atoms with Gasteiger partial charge in [0.1, 0.15) is 11.5 Å². The zero-order valence-electron chi connectivity index (χ0n) is 10.8. The van der Waals surface area contributed by atoms with Crippen LogP contribution in [-0.2, 0) is 0 Å². The maximum absolute atomic E-state index is 10.7. The Morgan fingerprint density at radius 2 is 1.95 bits per heavy atom. The van der Waals surface area contributed by atoms with E-state index in [9.17, 15) is 20.2 Å². The summed E-state index contributed by atoms with van der Waals surface area (Å²) in [6, 6.07) is 7.52. The Bertz CT molecular complexity index is 751. The van der Waals surface area contributed by atoms with Crippen molar-refractivity contribution in [3.63, 3.8) is 0 Å². The van der Waals surface area contributed by atoms with Gasteiger partial charge in [-0.2, -0.15) is 0 Å². The van der Waals surface area contributed by atoms with E-state index in [2.05, 4.69) is 15.9 Å². The highest BCUT2D eigenvalue weighted by atomic mass is 79.9. The Labute approximate surface area is 127 Å². The fourth-order valence-corrected chi connectivity index (χ4v) is 2.21. The molecule has 0 aliphatic carbocycles. The molecular weight excluding hydrogens is 344 g/mol. The number of nitro groups is 2. The lowest BCUT2D eigenvalue weighted by Gasteiger charge is -2.00. The van der Waals surface area contributed by atoms with Crippen LogP contribution >= 0.6 is 15.9 Å². The summed E-state index contributed by atoms with van der Waals surface area (Å²) in [6.07, 6.45) is 1.31. The van der Waals surface area contributed by atoms with Gasteiger partial charge >= 0.3 is 0 Å². The Kier molecular flexibility index (Phi) is 4.18. The predicted octanol–water partition coefficient (Wildman–Crippen LogP) is 4.25. The van der Waals surface area contributed by atoms with Gasteiger partial charge in [0.25, 0.3) is 5.69 Å². The van der Waals surface area contributed by atoms with Gasteiger partial charge in [-0.1, -0.05) is 0 Å². The number of allylic oxidation sites excluding steroid dienone is 1. The number of furan rings is 1. The highest BCUT2D eigenvalue weighted by Gasteiger charge is 2.13. The molecule has 1 heterocycles. The maximum atomic E-state index is 10.7. The number of hydrogen-bond donors (Lipinski definition) is 0. The number of rotatable bonds is 4. The van der Waals surface area contributed by atoms with Crippen LogP contribution in [0.5, 0.6) is 0 Å². The molecule has 0 radical (unpaired) electrons. The third-order valence-electron chi connectivity index (χ3n) is 2.69. The van der Waals surface area contributed by atoms with Gasteiger partial charge in [0.2, 0.25) is 5.70 Å². The van der Waals surface area contributed by atoms with Crippen molar-refractivity contribution in [2.75, 3.05) is 0 Å².